The van der Waals surface area contributed by atoms with Crippen LogP contribution < -0.4 is 0 Å². The van der Waals surface area contributed by atoms with Gasteiger partial charge in [-0.05, 0) is 30.7 Å². The Balaban J connectivity index is 0.000000158. The third-order valence-electron chi connectivity index (χ3n) is 3.62. The lowest BCUT2D eigenvalue weighted by Gasteiger charge is -2.07. The van der Waals surface area contributed by atoms with Crippen LogP contribution in [0.5, 0.6) is 0 Å². The molecule has 0 radical (unpaired) electrons. The number of rotatable bonds is 4. The van der Waals surface area contributed by atoms with Crippen molar-refractivity contribution < 1.29 is 5.11 Å². The van der Waals surface area contributed by atoms with Crippen molar-refractivity contribution in [1.29, 1.82) is 0 Å². The van der Waals surface area contributed by atoms with Gasteiger partial charge in [0.15, 0.2) is 5.82 Å². The Bertz CT molecular complexity index is 886. The highest BCUT2D eigenvalue weighted by molar-refractivity contribution is 5.26. The lowest BCUT2D eigenvalue weighted by atomic mass is 10.2. The number of hydrogen-bond acceptors (Lipinski definition) is 4. The summed E-state index contributed by atoms with van der Waals surface area (Å²) in [5.74, 6) is 0.596. The van der Waals surface area contributed by atoms with E-state index in [1.165, 1.54) is 5.56 Å². The Kier molecular flexibility index (Phi) is 5.76. The molecular weight excluding hydrogens is 326 g/mol. The molecular formula is C20H19N5O. The normalized spacial score (nSPS) is 11.2. The van der Waals surface area contributed by atoms with Crippen LogP contribution in [0.3, 0.4) is 0 Å². The molecule has 0 fully saturated rings. The zero-order valence-corrected chi connectivity index (χ0v) is 14.4. The molecule has 2 aromatic carbocycles. The fraction of sp³-hybridized carbons (Fsp3) is 0.150. The van der Waals surface area contributed by atoms with Gasteiger partial charge >= 0.3 is 0 Å². The molecule has 26 heavy (non-hydrogen) atoms. The number of aliphatic hydroxyl groups is 1. The molecule has 0 saturated heterocycles. The summed E-state index contributed by atoms with van der Waals surface area (Å²) < 4.78 is 3.63. The van der Waals surface area contributed by atoms with Gasteiger partial charge in [-0.15, -0.1) is 10.2 Å². The molecule has 0 aliphatic heterocycles. The molecule has 130 valence electrons. The number of aliphatic hydroxyl groups excluding tert-OH is 1. The van der Waals surface area contributed by atoms with Crippen molar-refractivity contribution in [3.63, 3.8) is 0 Å². The molecule has 0 bridgehead atoms. The van der Waals surface area contributed by atoms with Crippen LogP contribution >= 0.6 is 0 Å². The van der Waals surface area contributed by atoms with Crippen LogP contribution in [0.1, 0.15) is 24.4 Å². The Hall–Kier alpha value is -3.43. The highest BCUT2D eigenvalue weighted by Crippen LogP contribution is 2.10. The molecule has 1 atom stereocenters. The fourth-order valence-corrected chi connectivity index (χ4v) is 2.39. The standard InChI is InChI=1S/C11H13N3O.C9H6N2/c1-9(15)11-13-12-8-14(11)7-10-5-3-2-4-6-10;1-2-5-9(6-3-1)11-8-4-7-10-11/h2-6,8-9,15H,7H2,1H3;2,4-8H. The number of benzene rings is 1. The van der Waals surface area contributed by atoms with E-state index < -0.39 is 6.10 Å². The first-order valence-electron chi connectivity index (χ1n) is 8.21. The van der Waals surface area contributed by atoms with E-state index >= 15 is 0 Å². The largest absolute Gasteiger partial charge is 0.385 e. The van der Waals surface area contributed by atoms with E-state index in [-0.39, 0.29) is 0 Å². The summed E-state index contributed by atoms with van der Waals surface area (Å²) in [6.45, 7) is 2.37. The van der Waals surface area contributed by atoms with E-state index in [0.29, 0.717) is 12.4 Å². The van der Waals surface area contributed by atoms with E-state index in [9.17, 15) is 5.11 Å². The fourth-order valence-electron chi connectivity index (χ4n) is 2.39. The van der Waals surface area contributed by atoms with Crippen molar-refractivity contribution in [1.82, 2.24) is 24.5 Å². The van der Waals surface area contributed by atoms with E-state index in [4.69, 9.17) is 0 Å². The maximum atomic E-state index is 9.45. The summed E-state index contributed by atoms with van der Waals surface area (Å²) in [6, 6.07) is 23.2. The zero-order chi connectivity index (χ0) is 18.2. The summed E-state index contributed by atoms with van der Waals surface area (Å²) in [5.41, 5.74) is 2.17. The highest BCUT2D eigenvalue weighted by Gasteiger charge is 2.09. The monoisotopic (exact) mass is 345 g/mol. The Morgan fingerprint density at radius 1 is 1.12 bits per heavy atom. The van der Waals surface area contributed by atoms with Gasteiger partial charge in [0, 0.05) is 18.5 Å². The van der Waals surface area contributed by atoms with E-state index in [1.807, 2.05) is 65.4 Å². The van der Waals surface area contributed by atoms with Crippen molar-refractivity contribution in [2.45, 2.75) is 19.6 Å². The summed E-state index contributed by atoms with van der Waals surface area (Å²) in [6.07, 6.45) is 4.69. The van der Waals surface area contributed by atoms with Crippen LogP contribution in [0.4, 0.5) is 0 Å². The van der Waals surface area contributed by atoms with Crippen molar-refractivity contribution >= 4 is 0 Å². The third kappa shape index (κ3) is 4.56. The molecule has 2 aromatic heterocycles. The first-order chi connectivity index (χ1) is 12.7. The van der Waals surface area contributed by atoms with Gasteiger partial charge in [-0.3, -0.25) is 0 Å². The smallest absolute Gasteiger partial charge is 0.161 e. The molecule has 2 heterocycles. The van der Waals surface area contributed by atoms with Gasteiger partial charge in [-0.1, -0.05) is 42.5 Å². The molecule has 0 aliphatic carbocycles. The lowest BCUT2D eigenvalue weighted by Crippen LogP contribution is -2.06. The molecule has 6 nitrogen and oxygen atoms in total. The first kappa shape index (κ1) is 17.4. The minimum atomic E-state index is -0.587. The predicted octanol–water partition coefficient (Wildman–Crippen LogP) is 2.85. The van der Waals surface area contributed by atoms with E-state index in [1.54, 1.807) is 24.1 Å². The second kappa shape index (κ2) is 8.60. The summed E-state index contributed by atoms with van der Waals surface area (Å²) >= 11 is 0. The Morgan fingerprint density at radius 2 is 1.96 bits per heavy atom. The summed E-state index contributed by atoms with van der Waals surface area (Å²) in [5, 5.41) is 21.2. The average Bonchev–Trinajstić information content (AvgIpc) is 3.36. The highest BCUT2D eigenvalue weighted by atomic mass is 16.3. The van der Waals surface area contributed by atoms with Crippen molar-refractivity contribution in [2.24, 2.45) is 0 Å². The van der Waals surface area contributed by atoms with E-state index in [0.717, 1.165) is 5.69 Å². The molecule has 0 aliphatic rings. The van der Waals surface area contributed by atoms with Crippen LogP contribution in [0.25, 0.3) is 5.69 Å². The van der Waals surface area contributed by atoms with Gasteiger partial charge in [-0.2, -0.15) is 5.10 Å². The first-order valence-corrected chi connectivity index (χ1v) is 8.21. The zero-order valence-electron chi connectivity index (χ0n) is 14.4. The van der Waals surface area contributed by atoms with Gasteiger partial charge in [-0.25, -0.2) is 4.68 Å². The van der Waals surface area contributed by atoms with Gasteiger partial charge < -0.3 is 9.67 Å². The predicted molar refractivity (Wildman–Crippen MR) is 97.4 cm³/mol. The Morgan fingerprint density at radius 3 is 2.62 bits per heavy atom. The average molecular weight is 345 g/mol. The van der Waals surface area contributed by atoms with Crippen molar-refractivity contribution in [3.8, 4) is 5.69 Å². The minimum Gasteiger partial charge on any atom is -0.385 e. The quantitative estimate of drug-likeness (QED) is 0.617. The molecule has 1 N–H and O–H groups in total. The number of aromatic nitrogens is 5. The molecule has 0 amide bonds. The van der Waals surface area contributed by atoms with Crippen molar-refractivity contribution in [2.75, 3.05) is 0 Å². The molecule has 4 aromatic rings. The molecule has 0 saturated carbocycles. The number of nitrogens with zero attached hydrogens (tertiary/aromatic N) is 5. The second-order valence-corrected chi connectivity index (χ2v) is 5.62. The van der Waals surface area contributed by atoms with Gasteiger partial charge in [0.1, 0.15) is 12.4 Å². The maximum Gasteiger partial charge on any atom is 0.161 e. The molecule has 6 heteroatoms. The van der Waals surface area contributed by atoms with Crippen LogP contribution in [0.2, 0.25) is 0 Å². The second-order valence-electron chi connectivity index (χ2n) is 5.62. The molecule has 1 unspecified atom stereocenters. The summed E-state index contributed by atoms with van der Waals surface area (Å²) in [4.78, 5) is 0. The summed E-state index contributed by atoms with van der Waals surface area (Å²) in [7, 11) is 0. The lowest BCUT2D eigenvalue weighted by molar-refractivity contribution is 0.184. The van der Waals surface area contributed by atoms with Crippen molar-refractivity contribution in [3.05, 3.63) is 96.8 Å². The maximum absolute atomic E-state index is 9.45. The molecule has 4 rings (SSSR count). The van der Waals surface area contributed by atoms with Crippen LogP contribution in [-0.4, -0.2) is 29.7 Å². The SMILES string of the molecule is CC(O)c1nncn1Cc1ccccc1.c1ccc(-n2cccn2)cc#1. The van der Waals surface area contributed by atoms with Crippen LogP contribution in [-0.2, 0) is 6.54 Å². The topological polar surface area (TPSA) is 68.8 Å². The van der Waals surface area contributed by atoms with Crippen LogP contribution in [0.15, 0.2) is 73.3 Å². The Labute approximate surface area is 152 Å². The van der Waals surface area contributed by atoms with Crippen LogP contribution in [0, 0.1) is 12.1 Å². The number of hydrogen-bond donors (Lipinski definition) is 1. The van der Waals surface area contributed by atoms with Gasteiger partial charge in [0.2, 0.25) is 0 Å². The minimum absolute atomic E-state index is 0.587. The van der Waals surface area contributed by atoms with Gasteiger partial charge in [0.05, 0.1) is 12.2 Å². The van der Waals surface area contributed by atoms with E-state index in [2.05, 4.69) is 27.4 Å². The molecule has 0 spiro atoms. The van der Waals surface area contributed by atoms with Gasteiger partial charge in [0.25, 0.3) is 0 Å². The third-order valence-corrected chi connectivity index (χ3v) is 3.62.